The zero-order valence-corrected chi connectivity index (χ0v) is 25.0. The van der Waals surface area contributed by atoms with Gasteiger partial charge in [0.15, 0.2) is 0 Å². The number of benzene rings is 8. The SMILES string of the molecule is C(=C\c1ccc(-c2c3ccccc3c(-c3ccccc3)c3c2ccc2ccccc23)cc1)/Cc1ccc(-c2ccccc2)cc1. The van der Waals surface area contributed by atoms with E-state index < -0.39 is 0 Å². The van der Waals surface area contributed by atoms with Gasteiger partial charge < -0.3 is 0 Å². The molecule has 0 aliphatic carbocycles. The van der Waals surface area contributed by atoms with Crippen molar-refractivity contribution in [3.63, 3.8) is 0 Å². The zero-order valence-electron chi connectivity index (χ0n) is 25.0. The van der Waals surface area contributed by atoms with Crippen LogP contribution in [0.15, 0.2) is 176 Å². The van der Waals surface area contributed by atoms with Crippen LogP contribution in [0.4, 0.5) is 0 Å². The molecule has 0 saturated heterocycles. The van der Waals surface area contributed by atoms with E-state index in [4.69, 9.17) is 0 Å². The van der Waals surface area contributed by atoms with E-state index in [1.807, 2.05) is 0 Å². The maximum absolute atomic E-state index is 2.32. The third kappa shape index (κ3) is 5.11. The molecule has 0 unspecified atom stereocenters. The highest BCUT2D eigenvalue weighted by atomic mass is 14.2. The molecule has 0 aromatic heterocycles. The Bertz CT molecular complexity index is 2290. The molecule has 0 spiro atoms. The van der Waals surface area contributed by atoms with Crippen molar-refractivity contribution in [2.24, 2.45) is 0 Å². The summed E-state index contributed by atoms with van der Waals surface area (Å²) < 4.78 is 0. The largest absolute Gasteiger partial charge is 0.0795 e. The van der Waals surface area contributed by atoms with Crippen molar-refractivity contribution in [3.05, 3.63) is 187 Å². The first kappa shape index (κ1) is 26.9. The molecule has 0 heteroatoms. The number of hydrogen-bond acceptors (Lipinski definition) is 0. The molecule has 0 bridgehead atoms. The van der Waals surface area contributed by atoms with E-state index >= 15 is 0 Å². The Hall–Kier alpha value is -5.72. The van der Waals surface area contributed by atoms with Gasteiger partial charge in [0, 0.05) is 0 Å². The summed E-state index contributed by atoms with van der Waals surface area (Å²) in [4.78, 5) is 0. The summed E-state index contributed by atoms with van der Waals surface area (Å²) in [5, 5.41) is 7.71. The molecule has 0 N–H and O–H groups in total. The van der Waals surface area contributed by atoms with Crippen LogP contribution in [0.3, 0.4) is 0 Å². The van der Waals surface area contributed by atoms with Crippen LogP contribution in [0, 0.1) is 0 Å². The van der Waals surface area contributed by atoms with Gasteiger partial charge in [0.25, 0.3) is 0 Å². The molecule has 0 radical (unpaired) electrons. The summed E-state index contributed by atoms with van der Waals surface area (Å²) in [5.41, 5.74) is 10.1. The van der Waals surface area contributed by atoms with Crippen molar-refractivity contribution in [2.75, 3.05) is 0 Å². The van der Waals surface area contributed by atoms with E-state index in [0.29, 0.717) is 0 Å². The fourth-order valence-corrected chi connectivity index (χ4v) is 6.72. The Kier molecular flexibility index (Phi) is 7.02. The molecular weight excluding hydrogens is 540 g/mol. The molecule has 45 heavy (non-hydrogen) atoms. The lowest BCUT2D eigenvalue weighted by molar-refractivity contribution is 1.28. The summed E-state index contributed by atoms with van der Waals surface area (Å²) in [7, 11) is 0. The molecule has 0 aliphatic rings. The third-order valence-electron chi connectivity index (χ3n) is 8.90. The first-order valence-electron chi connectivity index (χ1n) is 15.7. The van der Waals surface area contributed by atoms with Crippen molar-refractivity contribution in [2.45, 2.75) is 6.42 Å². The fourth-order valence-electron chi connectivity index (χ4n) is 6.72. The maximum Gasteiger partial charge on any atom is -0.00141 e. The Labute approximate surface area is 264 Å². The summed E-state index contributed by atoms with van der Waals surface area (Å²) >= 11 is 0. The van der Waals surface area contributed by atoms with Crippen LogP contribution in [0.2, 0.25) is 0 Å². The molecule has 0 aliphatic heterocycles. The molecule has 8 rings (SSSR count). The Balaban J connectivity index is 1.18. The molecule has 8 aromatic rings. The normalized spacial score (nSPS) is 11.6. The molecule has 0 saturated carbocycles. The maximum atomic E-state index is 2.32. The minimum absolute atomic E-state index is 0.903. The lowest BCUT2D eigenvalue weighted by Crippen LogP contribution is -1.92. The van der Waals surface area contributed by atoms with Crippen molar-refractivity contribution >= 4 is 38.4 Å². The third-order valence-corrected chi connectivity index (χ3v) is 8.90. The minimum Gasteiger partial charge on any atom is -0.0795 e. The predicted molar refractivity (Wildman–Crippen MR) is 194 cm³/mol. The highest BCUT2D eigenvalue weighted by molar-refractivity contribution is 6.27. The molecule has 0 nitrogen and oxygen atoms in total. The summed E-state index contributed by atoms with van der Waals surface area (Å²) in [5.74, 6) is 0. The van der Waals surface area contributed by atoms with E-state index in [1.54, 1.807) is 0 Å². The van der Waals surface area contributed by atoms with Crippen molar-refractivity contribution in [1.29, 1.82) is 0 Å². The van der Waals surface area contributed by atoms with Crippen LogP contribution in [0.25, 0.3) is 71.8 Å². The number of allylic oxidation sites excluding steroid dienone is 1. The van der Waals surface area contributed by atoms with Gasteiger partial charge in [0.2, 0.25) is 0 Å². The second kappa shape index (κ2) is 11.8. The zero-order chi connectivity index (χ0) is 30.0. The van der Waals surface area contributed by atoms with E-state index in [2.05, 4.69) is 182 Å². The van der Waals surface area contributed by atoms with Gasteiger partial charge in [0.05, 0.1) is 0 Å². The van der Waals surface area contributed by atoms with E-state index in [9.17, 15) is 0 Å². The quantitative estimate of drug-likeness (QED) is 0.137. The molecule has 212 valence electrons. The van der Waals surface area contributed by atoms with Gasteiger partial charge in [-0.05, 0) is 83.2 Å². The second-order valence-electron chi connectivity index (χ2n) is 11.7. The van der Waals surface area contributed by atoms with Gasteiger partial charge in [-0.15, -0.1) is 0 Å². The van der Waals surface area contributed by atoms with E-state index in [0.717, 1.165) is 6.42 Å². The summed E-state index contributed by atoms with van der Waals surface area (Å²) in [6, 6.07) is 61.6. The van der Waals surface area contributed by atoms with Crippen molar-refractivity contribution in [1.82, 2.24) is 0 Å². The van der Waals surface area contributed by atoms with Crippen LogP contribution < -0.4 is 0 Å². The van der Waals surface area contributed by atoms with Crippen molar-refractivity contribution < 1.29 is 0 Å². The van der Waals surface area contributed by atoms with Crippen molar-refractivity contribution in [3.8, 4) is 33.4 Å². The Morgan fingerprint density at radius 3 is 1.60 bits per heavy atom. The minimum atomic E-state index is 0.903. The number of rotatable bonds is 6. The summed E-state index contributed by atoms with van der Waals surface area (Å²) in [6.07, 6.45) is 5.40. The average Bonchev–Trinajstić information content (AvgIpc) is 3.12. The van der Waals surface area contributed by atoms with Crippen LogP contribution in [0.5, 0.6) is 0 Å². The van der Waals surface area contributed by atoms with Gasteiger partial charge >= 0.3 is 0 Å². The first-order chi connectivity index (χ1) is 22.3. The lowest BCUT2D eigenvalue weighted by Gasteiger charge is -2.19. The van der Waals surface area contributed by atoms with Crippen LogP contribution in [-0.2, 0) is 6.42 Å². The van der Waals surface area contributed by atoms with E-state index in [1.165, 1.54) is 76.8 Å². The average molecular weight is 573 g/mol. The van der Waals surface area contributed by atoms with Gasteiger partial charge in [-0.1, -0.05) is 182 Å². The number of hydrogen-bond donors (Lipinski definition) is 0. The Morgan fingerprint density at radius 1 is 0.356 bits per heavy atom. The molecular formula is C45H32. The number of fused-ring (bicyclic) bond motifs is 4. The fraction of sp³-hybridized carbons (Fsp3) is 0.0222. The highest BCUT2D eigenvalue weighted by Crippen LogP contribution is 2.46. The standard InChI is InChI=1S/C45H32/c1-3-14-34(15-4-1)35-26-22-32(23-27-35)12-11-13-33-24-28-38(29-25-33)43-40-20-9-10-21-41(40)44(37-17-5-2-6-18-37)45-39-19-8-7-16-36(39)30-31-42(43)45/h1-11,13-31H,12H2/b13-11+. The molecule has 8 aromatic carbocycles. The van der Waals surface area contributed by atoms with Crippen LogP contribution in [-0.4, -0.2) is 0 Å². The highest BCUT2D eigenvalue weighted by Gasteiger charge is 2.18. The summed E-state index contributed by atoms with van der Waals surface area (Å²) in [6.45, 7) is 0. The molecule has 0 heterocycles. The predicted octanol–water partition coefficient (Wildman–Crippen LogP) is 12.4. The molecule has 0 atom stereocenters. The molecule has 0 amide bonds. The second-order valence-corrected chi connectivity index (χ2v) is 11.7. The monoisotopic (exact) mass is 572 g/mol. The first-order valence-corrected chi connectivity index (χ1v) is 15.7. The van der Waals surface area contributed by atoms with Crippen LogP contribution in [0.1, 0.15) is 11.1 Å². The topological polar surface area (TPSA) is 0 Å². The smallest absolute Gasteiger partial charge is 0.00141 e. The van der Waals surface area contributed by atoms with E-state index in [-0.39, 0.29) is 0 Å². The Morgan fingerprint density at radius 2 is 0.889 bits per heavy atom. The van der Waals surface area contributed by atoms with Crippen LogP contribution >= 0.6 is 0 Å². The lowest BCUT2D eigenvalue weighted by atomic mass is 9.84. The molecule has 0 fully saturated rings. The van der Waals surface area contributed by atoms with Gasteiger partial charge in [-0.25, -0.2) is 0 Å². The van der Waals surface area contributed by atoms with Gasteiger partial charge in [0.1, 0.15) is 0 Å². The van der Waals surface area contributed by atoms with Gasteiger partial charge in [-0.3, -0.25) is 0 Å². The van der Waals surface area contributed by atoms with Gasteiger partial charge in [-0.2, -0.15) is 0 Å².